The highest BCUT2D eigenvalue weighted by atomic mass is 16.5. The molecule has 0 aromatic heterocycles. The lowest BCUT2D eigenvalue weighted by atomic mass is 10.0. The van der Waals surface area contributed by atoms with Crippen molar-refractivity contribution in [2.45, 2.75) is 25.3 Å². The molecule has 0 aliphatic heterocycles. The number of Topliss-reactive ketones (excluding diaryl/α,β-unsaturated/α-hetero) is 1. The van der Waals surface area contributed by atoms with Crippen LogP contribution in [0.4, 0.5) is 0 Å². The molecule has 7 heteroatoms. The molecule has 0 saturated heterocycles. The van der Waals surface area contributed by atoms with Gasteiger partial charge < -0.3 is 20.7 Å². The third kappa shape index (κ3) is 4.88. The zero-order valence-corrected chi connectivity index (χ0v) is 11.5. The molecule has 0 amide bonds. The van der Waals surface area contributed by atoms with Crippen LogP contribution >= 0.6 is 0 Å². The number of carboxylic acids is 2. The first-order chi connectivity index (χ1) is 9.85. The number of aliphatic carboxylic acids is 1. The summed E-state index contributed by atoms with van der Waals surface area (Å²) in [5, 5.41) is 17.6. The number of ether oxygens (including phenoxy) is 1. The maximum atomic E-state index is 11.8. The van der Waals surface area contributed by atoms with Crippen LogP contribution in [0, 0.1) is 0 Å². The van der Waals surface area contributed by atoms with Crippen LogP contribution in [0.15, 0.2) is 18.2 Å². The Morgan fingerprint density at radius 3 is 2.48 bits per heavy atom. The van der Waals surface area contributed by atoms with Crippen molar-refractivity contribution >= 4 is 17.7 Å². The van der Waals surface area contributed by atoms with E-state index in [4.69, 9.17) is 20.7 Å². The number of methoxy groups -OCH3 is 1. The molecule has 0 aliphatic carbocycles. The third-order valence-corrected chi connectivity index (χ3v) is 2.97. The van der Waals surface area contributed by atoms with Crippen LogP contribution in [0.25, 0.3) is 0 Å². The Morgan fingerprint density at radius 2 is 1.95 bits per heavy atom. The SMILES string of the molecule is COc1ccc(C(=O)O)cc1CC(=O)CC[C@H](N)C(=O)O. The lowest BCUT2D eigenvalue weighted by Gasteiger charge is -2.10. The summed E-state index contributed by atoms with van der Waals surface area (Å²) < 4.78 is 5.08. The van der Waals surface area contributed by atoms with Crippen molar-refractivity contribution < 1.29 is 29.3 Å². The first-order valence-electron chi connectivity index (χ1n) is 6.25. The van der Waals surface area contributed by atoms with Gasteiger partial charge >= 0.3 is 11.9 Å². The summed E-state index contributed by atoms with van der Waals surface area (Å²) in [5.41, 5.74) is 5.83. The Balaban J connectivity index is 2.76. The normalized spacial score (nSPS) is 11.7. The van der Waals surface area contributed by atoms with E-state index in [-0.39, 0.29) is 30.6 Å². The highest BCUT2D eigenvalue weighted by Gasteiger charge is 2.16. The fourth-order valence-corrected chi connectivity index (χ4v) is 1.79. The molecule has 0 unspecified atom stereocenters. The van der Waals surface area contributed by atoms with Gasteiger partial charge in [-0.15, -0.1) is 0 Å². The first-order valence-corrected chi connectivity index (χ1v) is 6.25. The van der Waals surface area contributed by atoms with E-state index in [1.165, 1.54) is 25.3 Å². The lowest BCUT2D eigenvalue weighted by molar-refractivity contribution is -0.138. The fraction of sp³-hybridized carbons (Fsp3) is 0.357. The van der Waals surface area contributed by atoms with E-state index in [1.54, 1.807) is 0 Å². The maximum absolute atomic E-state index is 11.8. The highest BCUT2D eigenvalue weighted by Crippen LogP contribution is 2.21. The Morgan fingerprint density at radius 1 is 1.29 bits per heavy atom. The van der Waals surface area contributed by atoms with Crippen LogP contribution in [0.1, 0.15) is 28.8 Å². The molecule has 0 spiro atoms. The van der Waals surface area contributed by atoms with E-state index in [9.17, 15) is 14.4 Å². The van der Waals surface area contributed by atoms with Gasteiger partial charge in [-0.25, -0.2) is 4.79 Å². The van der Waals surface area contributed by atoms with E-state index in [0.29, 0.717) is 11.3 Å². The summed E-state index contributed by atoms with van der Waals surface area (Å²) in [6.07, 6.45) is 0.0135. The van der Waals surface area contributed by atoms with Crippen LogP contribution < -0.4 is 10.5 Å². The smallest absolute Gasteiger partial charge is 0.335 e. The summed E-state index contributed by atoms with van der Waals surface area (Å²) in [6.45, 7) is 0. The van der Waals surface area contributed by atoms with Gasteiger partial charge in [-0.3, -0.25) is 9.59 Å². The number of nitrogens with two attached hydrogens (primary N) is 1. The molecule has 4 N–H and O–H groups in total. The number of carbonyl (C=O) groups excluding carboxylic acids is 1. The van der Waals surface area contributed by atoms with Crippen LogP contribution in [0.2, 0.25) is 0 Å². The standard InChI is InChI=1S/C14H17NO6/c1-21-12-5-2-8(13(17)18)6-9(12)7-10(16)3-4-11(15)14(19)20/h2,5-6,11H,3-4,7,15H2,1H3,(H,17,18)(H,19,20)/t11-/m0/s1. The second-order valence-electron chi connectivity index (χ2n) is 4.53. The minimum absolute atomic E-state index is 0.00786. The molecule has 0 aliphatic rings. The van der Waals surface area contributed by atoms with E-state index in [2.05, 4.69) is 0 Å². The summed E-state index contributed by atoms with van der Waals surface area (Å²) in [4.78, 5) is 33.3. The van der Waals surface area contributed by atoms with Crippen LogP contribution in [-0.4, -0.2) is 41.1 Å². The topological polar surface area (TPSA) is 127 Å². The molecule has 0 bridgehead atoms. The van der Waals surface area contributed by atoms with Crippen molar-refractivity contribution in [1.29, 1.82) is 0 Å². The largest absolute Gasteiger partial charge is 0.496 e. The Bertz CT molecular complexity index is 554. The van der Waals surface area contributed by atoms with Gasteiger partial charge in [0.2, 0.25) is 0 Å². The second kappa shape index (κ2) is 7.39. The van der Waals surface area contributed by atoms with E-state index < -0.39 is 18.0 Å². The third-order valence-electron chi connectivity index (χ3n) is 2.97. The molecule has 1 aromatic carbocycles. The molecule has 1 aromatic rings. The van der Waals surface area contributed by atoms with Crippen LogP contribution in [0.3, 0.4) is 0 Å². The quantitative estimate of drug-likeness (QED) is 0.644. The predicted molar refractivity (Wildman–Crippen MR) is 73.5 cm³/mol. The molecule has 0 heterocycles. The summed E-state index contributed by atoms with van der Waals surface area (Å²) in [7, 11) is 1.42. The number of aromatic carboxylic acids is 1. The minimum Gasteiger partial charge on any atom is -0.496 e. The molecule has 114 valence electrons. The molecular weight excluding hydrogens is 278 g/mol. The molecule has 7 nitrogen and oxygen atoms in total. The molecule has 0 radical (unpaired) electrons. The van der Waals surface area contributed by atoms with Crippen LogP contribution in [-0.2, 0) is 16.0 Å². The van der Waals surface area contributed by atoms with Crippen molar-refractivity contribution in [3.63, 3.8) is 0 Å². The molecule has 21 heavy (non-hydrogen) atoms. The van der Waals surface area contributed by atoms with Crippen molar-refractivity contribution in [2.24, 2.45) is 5.73 Å². The highest BCUT2D eigenvalue weighted by molar-refractivity contribution is 5.89. The van der Waals surface area contributed by atoms with Crippen molar-refractivity contribution in [3.05, 3.63) is 29.3 Å². The maximum Gasteiger partial charge on any atom is 0.335 e. The summed E-state index contributed by atoms with van der Waals surface area (Å²) >= 11 is 0. The number of carboxylic acid groups (broad SMARTS) is 2. The summed E-state index contributed by atoms with van der Waals surface area (Å²) in [6, 6.07) is 3.15. The van der Waals surface area contributed by atoms with E-state index in [0.717, 1.165) is 0 Å². The predicted octanol–water partition coefficient (Wildman–Crippen LogP) is 0.697. The van der Waals surface area contributed by atoms with E-state index in [1.807, 2.05) is 0 Å². The van der Waals surface area contributed by atoms with Gasteiger partial charge in [0.25, 0.3) is 0 Å². The number of benzene rings is 1. The first kappa shape index (κ1) is 16.6. The molecule has 1 atom stereocenters. The fourth-order valence-electron chi connectivity index (χ4n) is 1.79. The molecule has 0 fully saturated rings. The number of ketones is 1. The Labute approximate surface area is 121 Å². The van der Waals surface area contributed by atoms with Crippen molar-refractivity contribution in [3.8, 4) is 5.75 Å². The van der Waals surface area contributed by atoms with Gasteiger partial charge in [0.15, 0.2) is 0 Å². The van der Waals surface area contributed by atoms with Gasteiger partial charge in [0, 0.05) is 18.4 Å². The lowest BCUT2D eigenvalue weighted by Crippen LogP contribution is -2.30. The van der Waals surface area contributed by atoms with Crippen LogP contribution in [0.5, 0.6) is 5.75 Å². The van der Waals surface area contributed by atoms with Crippen molar-refractivity contribution in [1.82, 2.24) is 0 Å². The zero-order chi connectivity index (χ0) is 16.0. The average molecular weight is 295 g/mol. The molecule has 1 rings (SSSR count). The van der Waals surface area contributed by atoms with Gasteiger partial charge in [0.05, 0.1) is 12.7 Å². The zero-order valence-electron chi connectivity index (χ0n) is 11.5. The van der Waals surface area contributed by atoms with Crippen molar-refractivity contribution in [2.75, 3.05) is 7.11 Å². The number of rotatable bonds is 8. The number of hydrogen-bond donors (Lipinski definition) is 3. The Kier molecular flexibility index (Phi) is 5.86. The number of carbonyl (C=O) groups is 3. The van der Waals surface area contributed by atoms with Gasteiger partial charge in [-0.2, -0.15) is 0 Å². The molecular formula is C14H17NO6. The average Bonchev–Trinajstić information content (AvgIpc) is 2.44. The van der Waals surface area contributed by atoms with Gasteiger partial charge in [-0.05, 0) is 24.6 Å². The van der Waals surface area contributed by atoms with Gasteiger partial charge in [0.1, 0.15) is 17.6 Å². The Hall–Kier alpha value is -2.41. The minimum atomic E-state index is -1.16. The monoisotopic (exact) mass is 295 g/mol. The molecule has 0 saturated carbocycles. The second-order valence-corrected chi connectivity index (χ2v) is 4.53. The number of hydrogen-bond acceptors (Lipinski definition) is 5. The van der Waals surface area contributed by atoms with E-state index >= 15 is 0 Å². The summed E-state index contributed by atoms with van der Waals surface area (Å²) in [5.74, 6) is -2.07. The van der Waals surface area contributed by atoms with Gasteiger partial charge in [-0.1, -0.05) is 0 Å².